The van der Waals surface area contributed by atoms with E-state index in [1.54, 1.807) is 0 Å². The number of hydrogen-bond donors (Lipinski definition) is 0. The maximum absolute atomic E-state index is 13.8. The third kappa shape index (κ3) is 4.60. The number of nitrogens with zero attached hydrogens (tertiary/aromatic N) is 2. The van der Waals surface area contributed by atoms with Crippen LogP contribution in [0.15, 0.2) is 59.6 Å². The fourth-order valence-corrected chi connectivity index (χ4v) is 4.52. The summed E-state index contributed by atoms with van der Waals surface area (Å²) in [6.07, 6.45) is -3.29. The number of carbonyl (C=O) groups is 1. The lowest BCUT2D eigenvalue weighted by Crippen LogP contribution is -2.23. The largest absolute Gasteiger partial charge is 0.483 e. The van der Waals surface area contributed by atoms with Crippen LogP contribution in [0.5, 0.6) is 5.75 Å². The van der Waals surface area contributed by atoms with Crippen molar-refractivity contribution in [3.63, 3.8) is 0 Å². The van der Waals surface area contributed by atoms with Gasteiger partial charge in [0.05, 0.1) is 22.9 Å². The standard InChI is InChI=1S/C23H18F4N2O4S/c1-2-34(31,32)16-6-4-15(5-7-16)29-12-19-17(22(29)30)9-10-28-21(19)18-8-3-14(24)11-20(18)33-13-23(25,26)27/h3-11H,2,12-13H2,1H3. The van der Waals surface area contributed by atoms with E-state index in [1.807, 2.05) is 0 Å². The van der Waals surface area contributed by atoms with Crippen molar-refractivity contribution < 1.29 is 35.5 Å². The second-order valence-corrected chi connectivity index (χ2v) is 9.80. The molecule has 1 aliphatic heterocycles. The van der Waals surface area contributed by atoms with Gasteiger partial charge in [0, 0.05) is 34.6 Å². The topological polar surface area (TPSA) is 76.6 Å². The number of aromatic nitrogens is 1. The Hall–Kier alpha value is -3.47. The van der Waals surface area contributed by atoms with Crippen LogP contribution in [-0.2, 0) is 16.4 Å². The van der Waals surface area contributed by atoms with Gasteiger partial charge in [-0.1, -0.05) is 6.92 Å². The van der Waals surface area contributed by atoms with Gasteiger partial charge in [-0.15, -0.1) is 0 Å². The van der Waals surface area contributed by atoms with Crippen LogP contribution >= 0.6 is 0 Å². The van der Waals surface area contributed by atoms with Gasteiger partial charge in [0.15, 0.2) is 16.4 Å². The number of hydrogen-bond acceptors (Lipinski definition) is 5. The first kappa shape index (κ1) is 23.7. The number of rotatable bonds is 6. The lowest BCUT2D eigenvalue weighted by Gasteiger charge is -2.17. The van der Waals surface area contributed by atoms with Crippen molar-refractivity contribution >= 4 is 21.4 Å². The van der Waals surface area contributed by atoms with Gasteiger partial charge in [-0.05, 0) is 42.5 Å². The normalized spacial score (nSPS) is 13.8. The molecule has 34 heavy (non-hydrogen) atoms. The van der Waals surface area contributed by atoms with Gasteiger partial charge in [-0.25, -0.2) is 12.8 Å². The predicted octanol–water partition coefficient (Wildman–Crippen LogP) is 4.78. The number of halogens is 4. The van der Waals surface area contributed by atoms with E-state index in [2.05, 4.69) is 4.98 Å². The van der Waals surface area contributed by atoms with E-state index in [4.69, 9.17) is 4.74 Å². The van der Waals surface area contributed by atoms with E-state index in [0.717, 1.165) is 12.1 Å². The molecule has 0 fully saturated rings. The lowest BCUT2D eigenvalue weighted by atomic mass is 10.0. The predicted molar refractivity (Wildman–Crippen MR) is 116 cm³/mol. The maximum Gasteiger partial charge on any atom is 0.422 e. The van der Waals surface area contributed by atoms with Gasteiger partial charge in [-0.2, -0.15) is 13.2 Å². The molecule has 0 saturated carbocycles. The molecular weight excluding hydrogens is 476 g/mol. The molecule has 4 rings (SSSR count). The minimum atomic E-state index is -4.63. The highest BCUT2D eigenvalue weighted by molar-refractivity contribution is 7.91. The van der Waals surface area contributed by atoms with Crippen LogP contribution < -0.4 is 9.64 Å². The second kappa shape index (κ2) is 8.71. The molecule has 6 nitrogen and oxygen atoms in total. The molecule has 0 bridgehead atoms. The number of ether oxygens (including phenoxy) is 1. The van der Waals surface area contributed by atoms with Gasteiger partial charge in [0.25, 0.3) is 5.91 Å². The summed E-state index contributed by atoms with van der Waals surface area (Å²) < 4.78 is 80.8. The molecule has 1 amide bonds. The third-order valence-electron chi connectivity index (χ3n) is 5.33. The van der Waals surface area contributed by atoms with Crippen molar-refractivity contribution in [1.29, 1.82) is 0 Å². The first-order chi connectivity index (χ1) is 16.0. The molecule has 0 N–H and O–H groups in total. The molecule has 178 valence electrons. The molecule has 0 radical (unpaired) electrons. The van der Waals surface area contributed by atoms with Crippen LogP contribution in [0, 0.1) is 5.82 Å². The number of anilines is 1. The average molecular weight is 494 g/mol. The van der Waals surface area contributed by atoms with Crippen molar-refractivity contribution in [2.45, 2.75) is 24.5 Å². The number of pyridine rings is 1. The van der Waals surface area contributed by atoms with E-state index in [1.165, 1.54) is 54.4 Å². The van der Waals surface area contributed by atoms with Crippen molar-refractivity contribution in [3.05, 3.63) is 71.7 Å². The number of alkyl halides is 3. The number of fused-ring (bicyclic) bond motifs is 1. The summed E-state index contributed by atoms with van der Waals surface area (Å²) in [6.45, 7) is -0.0512. The van der Waals surface area contributed by atoms with Crippen LogP contribution in [0.3, 0.4) is 0 Å². The zero-order chi connectivity index (χ0) is 24.7. The van der Waals surface area contributed by atoms with Crippen LogP contribution in [0.4, 0.5) is 23.2 Å². The van der Waals surface area contributed by atoms with Crippen LogP contribution in [-0.4, -0.2) is 37.8 Å². The van der Waals surface area contributed by atoms with Gasteiger partial charge in [0.1, 0.15) is 11.6 Å². The highest BCUT2D eigenvalue weighted by Gasteiger charge is 2.33. The quantitative estimate of drug-likeness (QED) is 0.461. The summed E-state index contributed by atoms with van der Waals surface area (Å²) in [5, 5.41) is 0. The zero-order valence-electron chi connectivity index (χ0n) is 17.8. The Balaban J connectivity index is 1.70. The Morgan fingerprint density at radius 2 is 1.76 bits per heavy atom. The summed E-state index contributed by atoms with van der Waals surface area (Å²) in [7, 11) is -3.41. The molecule has 2 heterocycles. The zero-order valence-corrected chi connectivity index (χ0v) is 18.6. The average Bonchev–Trinajstić information content (AvgIpc) is 3.14. The molecular formula is C23H18F4N2O4S. The smallest absolute Gasteiger partial charge is 0.422 e. The lowest BCUT2D eigenvalue weighted by molar-refractivity contribution is -0.153. The molecule has 0 saturated heterocycles. The Bertz CT molecular complexity index is 1360. The Labute approximate surface area is 192 Å². The molecule has 0 aliphatic carbocycles. The van der Waals surface area contributed by atoms with Crippen molar-refractivity contribution in [2.24, 2.45) is 0 Å². The van der Waals surface area contributed by atoms with Crippen molar-refractivity contribution in [2.75, 3.05) is 17.3 Å². The Kier molecular flexibility index (Phi) is 6.07. The Morgan fingerprint density at radius 1 is 1.06 bits per heavy atom. The van der Waals surface area contributed by atoms with Gasteiger partial charge < -0.3 is 9.64 Å². The summed E-state index contributed by atoms with van der Waals surface area (Å²) in [6, 6.07) is 10.5. The molecule has 3 aromatic rings. The molecule has 0 unspecified atom stereocenters. The number of sulfone groups is 1. The first-order valence-corrected chi connectivity index (χ1v) is 11.8. The van der Waals surface area contributed by atoms with Crippen LogP contribution in [0.1, 0.15) is 22.8 Å². The van der Waals surface area contributed by atoms with Gasteiger partial charge in [0.2, 0.25) is 0 Å². The summed E-state index contributed by atoms with van der Waals surface area (Å²) in [5.74, 6) is -1.58. The minimum Gasteiger partial charge on any atom is -0.483 e. The minimum absolute atomic E-state index is 0.0350. The molecule has 1 aromatic heterocycles. The van der Waals surface area contributed by atoms with Crippen molar-refractivity contribution in [3.8, 4) is 17.0 Å². The van der Waals surface area contributed by atoms with E-state index < -0.39 is 28.4 Å². The SMILES string of the molecule is CCS(=O)(=O)c1ccc(N2Cc3c(ccnc3-c3ccc(F)cc3OCC(F)(F)F)C2=O)cc1. The van der Waals surface area contributed by atoms with E-state index >= 15 is 0 Å². The van der Waals surface area contributed by atoms with Crippen molar-refractivity contribution in [1.82, 2.24) is 4.98 Å². The highest BCUT2D eigenvalue weighted by atomic mass is 32.2. The molecule has 0 atom stereocenters. The number of amides is 1. The Morgan fingerprint density at radius 3 is 2.41 bits per heavy atom. The highest BCUT2D eigenvalue weighted by Crippen LogP contribution is 2.38. The molecule has 11 heteroatoms. The van der Waals surface area contributed by atoms with Gasteiger partial charge in [-0.3, -0.25) is 9.78 Å². The summed E-state index contributed by atoms with van der Waals surface area (Å²) in [5.41, 5.74) is 1.45. The van der Waals surface area contributed by atoms with Crippen LogP contribution in [0.25, 0.3) is 11.3 Å². The van der Waals surface area contributed by atoms with Crippen LogP contribution in [0.2, 0.25) is 0 Å². The molecule has 1 aliphatic rings. The van der Waals surface area contributed by atoms with E-state index in [0.29, 0.717) is 11.3 Å². The maximum atomic E-state index is 13.8. The summed E-state index contributed by atoms with van der Waals surface area (Å²) in [4.78, 5) is 18.8. The summed E-state index contributed by atoms with van der Waals surface area (Å²) >= 11 is 0. The fraction of sp³-hybridized carbons (Fsp3) is 0.217. The van der Waals surface area contributed by atoms with Gasteiger partial charge >= 0.3 is 6.18 Å². The first-order valence-electron chi connectivity index (χ1n) is 10.1. The monoisotopic (exact) mass is 494 g/mol. The third-order valence-corrected chi connectivity index (χ3v) is 7.08. The van der Waals surface area contributed by atoms with E-state index in [9.17, 15) is 30.8 Å². The molecule has 2 aromatic carbocycles. The molecule has 0 spiro atoms. The number of benzene rings is 2. The fourth-order valence-electron chi connectivity index (χ4n) is 3.64. The number of carbonyl (C=O) groups excluding carboxylic acids is 1. The van der Waals surface area contributed by atoms with E-state index in [-0.39, 0.29) is 45.7 Å². The second-order valence-electron chi connectivity index (χ2n) is 7.52.